The van der Waals surface area contributed by atoms with Crippen LogP contribution in [-0.4, -0.2) is 42.8 Å². The highest BCUT2D eigenvalue weighted by molar-refractivity contribution is 7.89. The standard InChI is InChI=1S/C27H33N3O4S/c1-18-5-7-21(8-6-18)11-12-28-27(32)24-17-29(4)25-10-9-22(14-23(25)26(24)31)35(33,34)30-15-19(2)13-20(3)16-30/h5-10,14,17,19-20H,11-13,15-16H2,1-4H3,(H,28,32). The lowest BCUT2D eigenvalue weighted by atomic mass is 9.94. The number of carbonyl (C=O) groups is 1. The smallest absolute Gasteiger partial charge is 0.256 e. The average Bonchev–Trinajstić information content (AvgIpc) is 2.81. The van der Waals surface area contributed by atoms with Gasteiger partial charge in [-0.1, -0.05) is 43.7 Å². The molecule has 1 aliphatic rings. The Balaban J connectivity index is 1.60. The van der Waals surface area contributed by atoms with E-state index in [9.17, 15) is 18.0 Å². The maximum atomic E-state index is 13.4. The van der Waals surface area contributed by atoms with E-state index in [2.05, 4.69) is 19.2 Å². The molecule has 1 N–H and O–H groups in total. The fourth-order valence-electron chi connectivity index (χ4n) is 4.92. The number of piperidine rings is 1. The van der Waals surface area contributed by atoms with Crippen molar-refractivity contribution in [3.05, 3.63) is 75.6 Å². The Bertz CT molecular complexity index is 1400. The molecule has 7 nitrogen and oxygen atoms in total. The van der Waals surface area contributed by atoms with Crippen molar-refractivity contribution in [3.63, 3.8) is 0 Å². The van der Waals surface area contributed by atoms with E-state index in [-0.39, 0.29) is 27.7 Å². The molecule has 0 radical (unpaired) electrons. The topological polar surface area (TPSA) is 88.5 Å². The second kappa shape index (κ2) is 9.95. The molecule has 0 spiro atoms. The summed E-state index contributed by atoms with van der Waals surface area (Å²) in [6, 6.07) is 12.7. The van der Waals surface area contributed by atoms with Crippen molar-refractivity contribution in [2.45, 2.75) is 38.5 Å². The summed E-state index contributed by atoms with van der Waals surface area (Å²) in [4.78, 5) is 26.2. The van der Waals surface area contributed by atoms with Crippen LogP contribution in [-0.2, 0) is 23.5 Å². The molecule has 0 aliphatic carbocycles. The fraction of sp³-hybridized carbons (Fsp3) is 0.407. The second-order valence-corrected chi connectivity index (χ2v) is 11.9. The number of nitrogens with zero attached hydrogens (tertiary/aromatic N) is 2. The zero-order valence-corrected chi connectivity index (χ0v) is 21.6. The first-order valence-electron chi connectivity index (χ1n) is 12.0. The Labute approximate surface area is 206 Å². The quantitative estimate of drug-likeness (QED) is 0.567. The van der Waals surface area contributed by atoms with E-state index in [4.69, 9.17) is 0 Å². The highest BCUT2D eigenvalue weighted by atomic mass is 32.2. The summed E-state index contributed by atoms with van der Waals surface area (Å²) in [5.74, 6) is 0.0840. The number of pyridine rings is 1. The molecule has 2 unspecified atom stereocenters. The lowest BCUT2D eigenvalue weighted by Gasteiger charge is -2.34. The largest absolute Gasteiger partial charge is 0.352 e. The summed E-state index contributed by atoms with van der Waals surface area (Å²) in [6.07, 6.45) is 3.15. The molecule has 0 saturated carbocycles. The van der Waals surface area contributed by atoms with E-state index >= 15 is 0 Å². The lowest BCUT2D eigenvalue weighted by Crippen LogP contribution is -2.42. The van der Waals surface area contributed by atoms with Gasteiger partial charge in [0.1, 0.15) is 5.56 Å². The summed E-state index contributed by atoms with van der Waals surface area (Å²) >= 11 is 0. The van der Waals surface area contributed by atoms with Crippen LogP contribution in [0, 0.1) is 18.8 Å². The van der Waals surface area contributed by atoms with Gasteiger partial charge in [-0.3, -0.25) is 9.59 Å². The monoisotopic (exact) mass is 495 g/mol. The molecule has 186 valence electrons. The number of nitrogens with one attached hydrogen (secondary N) is 1. The van der Waals surface area contributed by atoms with Crippen LogP contribution >= 0.6 is 0 Å². The van der Waals surface area contributed by atoms with Gasteiger partial charge in [-0.2, -0.15) is 4.31 Å². The number of benzene rings is 2. The summed E-state index contributed by atoms with van der Waals surface area (Å²) in [7, 11) is -2.00. The van der Waals surface area contributed by atoms with Crippen LogP contribution in [0.2, 0.25) is 0 Å². The molecule has 4 rings (SSSR count). The number of hydrogen-bond donors (Lipinski definition) is 1. The summed E-state index contributed by atoms with van der Waals surface area (Å²) < 4.78 is 29.9. The molecule has 2 heterocycles. The number of sulfonamides is 1. The Morgan fingerprint density at radius 1 is 1.06 bits per heavy atom. The number of hydrogen-bond acceptors (Lipinski definition) is 4. The molecule has 1 amide bonds. The fourth-order valence-corrected chi connectivity index (χ4v) is 6.62. The number of rotatable bonds is 6. The first-order valence-corrected chi connectivity index (χ1v) is 13.5. The zero-order valence-electron chi connectivity index (χ0n) is 20.7. The third kappa shape index (κ3) is 5.33. The number of carbonyl (C=O) groups excluding carboxylic acids is 1. The summed E-state index contributed by atoms with van der Waals surface area (Å²) in [5.41, 5.74) is 2.37. The van der Waals surface area contributed by atoms with Crippen molar-refractivity contribution < 1.29 is 13.2 Å². The molecule has 1 saturated heterocycles. The van der Waals surface area contributed by atoms with Crippen molar-refractivity contribution >= 4 is 26.8 Å². The van der Waals surface area contributed by atoms with Gasteiger partial charge in [0, 0.05) is 38.3 Å². The Hall–Kier alpha value is -2.97. The predicted octanol–water partition coefficient (Wildman–Crippen LogP) is 3.49. The number of aromatic nitrogens is 1. The second-order valence-electron chi connectivity index (χ2n) is 9.92. The zero-order chi connectivity index (χ0) is 25.3. The molecule has 3 aromatic rings. The minimum atomic E-state index is -3.75. The van der Waals surface area contributed by atoms with Crippen LogP contribution < -0.4 is 10.7 Å². The van der Waals surface area contributed by atoms with Gasteiger partial charge in [0.2, 0.25) is 15.5 Å². The minimum Gasteiger partial charge on any atom is -0.352 e. The van der Waals surface area contributed by atoms with Crippen LogP contribution in [0.15, 0.2) is 58.4 Å². The lowest BCUT2D eigenvalue weighted by molar-refractivity contribution is 0.0952. The van der Waals surface area contributed by atoms with Gasteiger partial charge in [-0.05, 0) is 55.4 Å². The molecule has 0 bridgehead atoms. The highest BCUT2D eigenvalue weighted by Gasteiger charge is 2.32. The van der Waals surface area contributed by atoms with Gasteiger partial charge in [0.25, 0.3) is 5.91 Å². The molecule has 1 aliphatic heterocycles. The van der Waals surface area contributed by atoms with Gasteiger partial charge in [-0.15, -0.1) is 0 Å². The van der Waals surface area contributed by atoms with Crippen molar-refractivity contribution in [1.29, 1.82) is 0 Å². The Kier molecular flexibility index (Phi) is 7.15. The Morgan fingerprint density at radius 2 is 1.71 bits per heavy atom. The first kappa shape index (κ1) is 25.1. The van der Waals surface area contributed by atoms with E-state index < -0.39 is 21.4 Å². The van der Waals surface area contributed by atoms with Crippen LogP contribution in [0.4, 0.5) is 0 Å². The molecule has 1 aromatic heterocycles. The van der Waals surface area contributed by atoms with E-state index in [1.54, 1.807) is 23.7 Å². The van der Waals surface area contributed by atoms with Crippen molar-refractivity contribution in [3.8, 4) is 0 Å². The third-order valence-electron chi connectivity index (χ3n) is 6.70. The van der Waals surface area contributed by atoms with Crippen LogP contribution in [0.1, 0.15) is 41.8 Å². The average molecular weight is 496 g/mol. The predicted molar refractivity (Wildman–Crippen MR) is 138 cm³/mol. The maximum absolute atomic E-state index is 13.4. The van der Waals surface area contributed by atoms with Crippen molar-refractivity contribution in [2.24, 2.45) is 18.9 Å². The molecule has 2 aromatic carbocycles. The third-order valence-corrected chi connectivity index (χ3v) is 8.53. The van der Waals surface area contributed by atoms with Gasteiger partial charge in [0.15, 0.2) is 0 Å². The number of aryl methyl sites for hydroxylation is 2. The van der Waals surface area contributed by atoms with Gasteiger partial charge in [0.05, 0.1) is 10.4 Å². The molecule has 35 heavy (non-hydrogen) atoms. The summed E-state index contributed by atoms with van der Waals surface area (Å²) in [6.45, 7) is 7.45. The number of fused-ring (bicyclic) bond motifs is 1. The summed E-state index contributed by atoms with van der Waals surface area (Å²) in [5, 5.41) is 3.04. The number of amides is 1. The molecule has 1 fully saturated rings. The van der Waals surface area contributed by atoms with Gasteiger partial charge in [-0.25, -0.2) is 8.42 Å². The normalized spacial score (nSPS) is 19.1. The van der Waals surface area contributed by atoms with Crippen LogP contribution in [0.5, 0.6) is 0 Å². The van der Waals surface area contributed by atoms with E-state index in [0.717, 1.165) is 12.0 Å². The van der Waals surface area contributed by atoms with E-state index in [1.807, 2.05) is 31.2 Å². The van der Waals surface area contributed by atoms with E-state index in [0.29, 0.717) is 31.6 Å². The first-order chi connectivity index (χ1) is 16.6. The molecule has 2 atom stereocenters. The van der Waals surface area contributed by atoms with Gasteiger partial charge < -0.3 is 9.88 Å². The van der Waals surface area contributed by atoms with Crippen LogP contribution in [0.25, 0.3) is 10.9 Å². The molecule has 8 heteroatoms. The van der Waals surface area contributed by atoms with E-state index in [1.165, 1.54) is 22.1 Å². The highest BCUT2D eigenvalue weighted by Crippen LogP contribution is 2.27. The Morgan fingerprint density at radius 3 is 2.37 bits per heavy atom. The maximum Gasteiger partial charge on any atom is 0.256 e. The minimum absolute atomic E-state index is 0.00123. The molecular formula is C27H33N3O4S. The van der Waals surface area contributed by atoms with Crippen molar-refractivity contribution in [1.82, 2.24) is 14.2 Å². The molecular weight excluding hydrogens is 462 g/mol. The van der Waals surface area contributed by atoms with Crippen molar-refractivity contribution in [2.75, 3.05) is 19.6 Å². The SMILES string of the molecule is Cc1ccc(CCNC(=O)c2cn(C)c3ccc(S(=O)(=O)N4CC(C)CC(C)C4)cc3c2=O)cc1. The van der Waals surface area contributed by atoms with Gasteiger partial charge >= 0.3 is 0 Å². The van der Waals surface area contributed by atoms with Crippen LogP contribution in [0.3, 0.4) is 0 Å².